The molecule has 17 heavy (non-hydrogen) atoms. The van der Waals surface area contributed by atoms with Gasteiger partial charge in [-0.3, -0.25) is 9.69 Å². The number of hydrogen-bond donors (Lipinski definition) is 1. The smallest absolute Gasteiger partial charge is 0.304 e. The average molecular weight is 235 g/mol. The number of nitrogens with zero attached hydrogens (tertiary/aromatic N) is 1. The number of carboxylic acids is 1. The SMILES string of the molecule is COc1ccc2c(c1)CN(CCC(=O)O)CC2. The molecule has 4 heteroatoms. The minimum Gasteiger partial charge on any atom is -0.497 e. The van der Waals surface area contributed by atoms with E-state index in [1.807, 2.05) is 12.1 Å². The fourth-order valence-electron chi connectivity index (χ4n) is 2.16. The summed E-state index contributed by atoms with van der Waals surface area (Å²) >= 11 is 0. The van der Waals surface area contributed by atoms with E-state index in [1.165, 1.54) is 11.1 Å². The van der Waals surface area contributed by atoms with Gasteiger partial charge >= 0.3 is 5.97 Å². The molecule has 0 unspecified atom stereocenters. The molecule has 4 nitrogen and oxygen atoms in total. The number of rotatable bonds is 4. The van der Waals surface area contributed by atoms with Crippen molar-refractivity contribution in [2.24, 2.45) is 0 Å². The predicted molar refractivity (Wildman–Crippen MR) is 64.2 cm³/mol. The number of ether oxygens (including phenoxy) is 1. The van der Waals surface area contributed by atoms with Gasteiger partial charge in [0.15, 0.2) is 0 Å². The lowest BCUT2D eigenvalue weighted by atomic mass is 9.99. The number of methoxy groups -OCH3 is 1. The van der Waals surface area contributed by atoms with Crippen LogP contribution in [0, 0.1) is 0 Å². The molecule has 0 bridgehead atoms. The molecule has 2 rings (SSSR count). The highest BCUT2D eigenvalue weighted by atomic mass is 16.5. The summed E-state index contributed by atoms with van der Waals surface area (Å²) in [4.78, 5) is 12.7. The summed E-state index contributed by atoms with van der Waals surface area (Å²) in [6, 6.07) is 6.12. The Kier molecular flexibility index (Phi) is 3.64. The van der Waals surface area contributed by atoms with Gasteiger partial charge in [-0.25, -0.2) is 0 Å². The van der Waals surface area contributed by atoms with Crippen molar-refractivity contribution < 1.29 is 14.6 Å². The standard InChI is InChI=1S/C13H17NO3/c1-17-12-3-2-10-4-6-14(7-5-13(15)16)9-11(10)8-12/h2-3,8H,4-7,9H2,1H3,(H,15,16). The molecule has 1 aliphatic heterocycles. The Morgan fingerprint density at radius 3 is 3.00 bits per heavy atom. The van der Waals surface area contributed by atoms with Gasteiger partial charge in [-0.05, 0) is 29.7 Å². The Labute approximate surface area is 101 Å². The molecule has 1 aliphatic rings. The van der Waals surface area contributed by atoms with Crippen LogP contribution in [-0.4, -0.2) is 36.2 Å². The van der Waals surface area contributed by atoms with Gasteiger partial charge in [-0.2, -0.15) is 0 Å². The van der Waals surface area contributed by atoms with Crippen LogP contribution < -0.4 is 4.74 Å². The summed E-state index contributed by atoms with van der Waals surface area (Å²) in [6.45, 7) is 2.37. The number of carbonyl (C=O) groups is 1. The van der Waals surface area contributed by atoms with E-state index in [0.29, 0.717) is 6.54 Å². The molecule has 0 spiro atoms. The fourth-order valence-corrected chi connectivity index (χ4v) is 2.16. The quantitative estimate of drug-likeness (QED) is 0.859. The van der Waals surface area contributed by atoms with Crippen LogP contribution in [0.4, 0.5) is 0 Å². The third kappa shape index (κ3) is 2.97. The van der Waals surface area contributed by atoms with E-state index in [1.54, 1.807) is 7.11 Å². The van der Waals surface area contributed by atoms with Crippen LogP contribution in [0.15, 0.2) is 18.2 Å². The maximum atomic E-state index is 10.5. The zero-order chi connectivity index (χ0) is 12.3. The minimum absolute atomic E-state index is 0.208. The van der Waals surface area contributed by atoms with E-state index < -0.39 is 5.97 Å². The third-order valence-corrected chi connectivity index (χ3v) is 3.15. The molecular formula is C13H17NO3. The molecule has 0 saturated carbocycles. The molecule has 0 atom stereocenters. The van der Waals surface area contributed by atoms with Gasteiger partial charge in [-0.15, -0.1) is 0 Å². The zero-order valence-corrected chi connectivity index (χ0v) is 9.98. The molecular weight excluding hydrogens is 218 g/mol. The normalized spacial score (nSPS) is 15.4. The summed E-state index contributed by atoms with van der Waals surface area (Å²) in [5.41, 5.74) is 2.60. The second-order valence-electron chi connectivity index (χ2n) is 4.30. The molecule has 1 aromatic rings. The van der Waals surface area contributed by atoms with Gasteiger partial charge in [0, 0.05) is 19.6 Å². The number of aliphatic carboxylic acids is 1. The Balaban J connectivity index is 2.03. The molecule has 0 aliphatic carbocycles. The lowest BCUT2D eigenvalue weighted by molar-refractivity contribution is -0.137. The first kappa shape index (κ1) is 11.9. The van der Waals surface area contributed by atoms with Crippen molar-refractivity contribution in [1.29, 1.82) is 0 Å². The maximum absolute atomic E-state index is 10.5. The summed E-state index contributed by atoms with van der Waals surface area (Å²) in [5.74, 6) is 0.130. The minimum atomic E-state index is -0.735. The highest BCUT2D eigenvalue weighted by Gasteiger charge is 2.17. The molecule has 0 fully saturated rings. The summed E-state index contributed by atoms with van der Waals surface area (Å²) < 4.78 is 5.20. The second kappa shape index (κ2) is 5.19. The Bertz CT molecular complexity index is 417. The van der Waals surface area contributed by atoms with Crippen molar-refractivity contribution in [1.82, 2.24) is 4.90 Å². The van der Waals surface area contributed by atoms with Crippen molar-refractivity contribution in [3.63, 3.8) is 0 Å². The number of fused-ring (bicyclic) bond motifs is 1. The molecule has 92 valence electrons. The van der Waals surface area contributed by atoms with Crippen LogP contribution in [-0.2, 0) is 17.8 Å². The van der Waals surface area contributed by atoms with Gasteiger partial charge in [0.05, 0.1) is 13.5 Å². The van der Waals surface area contributed by atoms with Gasteiger partial charge < -0.3 is 9.84 Å². The van der Waals surface area contributed by atoms with Crippen molar-refractivity contribution in [2.45, 2.75) is 19.4 Å². The van der Waals surface area contributed by atoms with Gasteiger partial charge in [0.1, 0.15) is 5.75 Å². The van der Waals surface area contributed by atoms with Crippen LogP contribution >= 0.6 is 0 Å². The van der Waals surface area contributed by atoms with E-state index in [2.05, 4.69) is 11.0 Å². The van der Waals surface area contributed by atoms with Crippen LogP contribution in [0.5, 0.6) is 5.75 Å². The second-order valence-corrected chi connectivity index (χ2v) is 4.30. The molecule has 1 heterocycles. The highest BCUT2D eigenvalue weighted by molar-refractivity contribution is 5.66. The summed E-state index contributed by atoms with van der Waals surface area (Å²) in [5, 5.41) is 8.67. The first-order valence-corrected chi connectivity index (χ1v) is 5.79. The first-order valence-electron chi connectivity index (χ1n) is 5.79. The number of carboxylic acid groups (broad SMARTS) is 1. The van der Waals surface area contributed by atoms with Gasteiger partial charge in [0.25, 0.3) is 0 Å². The van der Waals surface area contributed by atoms with Crippen LogP contribution in [0.25, 0.3) is 0 Å². The fraction of sp³-hybridized carbons (Fsp3) is 0.462. The predicted octanol–water partition coefficient (Wildman–Crippen LogP) is 1.53. The van der Waals surface area contributed by atoms with Crippen molar-refractivity contribution >= 4 is 5.97 Å². The van der Waals surface area contributed by atoms with Crippen molar-refractivity contribution in [3.05, 3.63) is 29.3 Å². The molecule has 0 aromatic heterocycles. The topological polar surface area (TPSA) is 49.8 Å². The van der Waals surface area contributed by atoms with Crippen molar-refractivity contribution in [3.8, 4) is 5.75 Å². The Morgan fingerprint density at radius 2 is 2.29 bits per heavy atom. The molecule has 1 N–H and O–H groups in total. The molecule has 0 amide bonds. The lowest BCUT2D eigenvalue weighted by Gasteiger charge is -2.28. The largest absolute Gasteiger partial charge is 0.497 e. The molecule has 0 saturated heterocycles. The Hall–Kier alpha value is -1.55. The zero-order valence-electron chi connectivity index (χ0n) is 9.98. The van der Waals surface area contributed by atoms with Gasteiger partial charge in [0.2, 0.25) is 0 Å². The number of hydrogen-bond acceptors (Lipinski definition) is 3. The summed E-state index contributed by atoms with van der Waals surface area (Å²) in [6.07, 6.45) is 1.19. The third-order valence-electron chi connectivity index (χ3n) is 3.15. The van der Waals surface area contributed by atoms with Crippen LogP contribution in [0.2, 0.25) is 0 Å². The average Bonchev–Trinajstić information content (AvgIpc) is 2.35. The van der Waals surface area contributed by atoms with Crippen LogP contribution in [0.3, 0.4) is 0 Å². The van der Waals surface area contributed by atoms with E-state index in [4.69, 9.17) is 9.84 Å². The Morgan fingerprint density at radius 1 is 1.47 bits per heavy atom. The van der Waals surface area contributed by atoms with Crippen molar-refractivity contribution in [2.75, 3.05) is 20.2 Å². The lowest BCUT2D eigenvalue weighted by Crippen LogP contribution is -2.32. The van der Waals surface area contributed by atoms with Crippen LogP contribution in [0.1, 0.15) is 17.5 Å². The first-order chi connectivity index (χ1) is 8.19. The number of benzene rings is 1. The van der Waals surface area contributed by atoms with E-state index in [9.17, 15) is 4.79 Å². The van der Waals surface area contributed by atoms with E-state index in [0.717, 1.165) is 25.3 Å². The summed E-state index contributed by atoms with van der Waals surface area (Å²) in [7, 11) is 1.66. The highest BCUT2D eigenvalue weighted by Crippen LogP contribution is 2.23. The molecule has 0 radical (unpaired) electrons. The monoisotopic (exact) mass is 235 g/mol. The molecule has 1 aromatic carbocycles. The maximum Gasteiger partial charge on any atom is 0.304 e. The van der Waals surface area contributed by atoms with E-state index in [-0.39, 0.29) is 6.42 Å². The van der Waals surface area contributed by atoms with Gasteiger partial charge in [-0.1, -0.05) is 6.07 Å². The van der Waals surface area contributed by atoms with E-state index >= 15 is 0 Å².